The third-order valence-electron chi connectivity index (χ3n) is 6.90. The summed E-state index contributed by atoms with van der Waals surface area (Å²) < 4.78 is 25.8. The number of ketones is 1. The van der Waals surface area contributed by atoms with Crippen LogP contribution in [0.5, 0.6) is 0 Å². The summed E-state index contributed by atoms with van der Waals surface area (Å²) in [6.07, 6.45) is 1.30. The van der Waals surface area contributed by atoms with E-state index in [2.05, 4.69) is 4.74 Å². The number of aliphatic hydroxyl groups excluding tert-OH is 1. The first kappa shape index (κ1) is 33.2. The number of rotatable bonds is 13. The number of carbonyl (C=O) groups is 3. The molecule has 10 heteroatoms. The average molecular weight is 594 g/mol. The van der Waals surface area contributed by atoms with Crippen molar-refractivity contribution in [2.24, 2.45) is 0 Å². The zero-order chi connectivity index (χ0) is 31.7. The van der Waals surface area contributed by atoms with Crippen molar-refractivity contribution in [3.8, 4) is 22.5 Å². The van der Waals surface area contributed by atoms with Crippen LogP contribution in [0.15, 0.2) is 54.6 Å². The molecule has 0 aliphatic rings. The molecular formula is C33H40FN3O6. The second-order valence-electron chi connectivity index (χ2n) is 10.7. The molecule has 2 atom stereocenters. The second kappa shape index (κ2) is 15.2. The lowest BCUT2D eigenvalue weighted by molar-refractivity contribution is -0.143. The van der Waals surface area contributed by atoms with Crippen molar-refractivity contribution in [1.82, 2.24) is 14.5 Å². The van der Waals surface area contributed by atoms with E-state index in [9.17, 15) is 23.9 Å². The maximum atomic E-state index is 14.0. The van der Waals surface area contributed by atoms with E-state index in [4.69, 9.17) is 9.72 Å². The Morgan fingerprint density at radius 1 is 1.09 bits per heavy atom. The molecule has 0 aliphatic carbocycles. The molecule has 43 heavy (non-hydrogen) atoms. The third kappa shape index (κ3) is 8.84. The fraction of sp³-hybridized carbons (Fsp3) is 0.394. The third-order valence-corrected chi connectivity index (χ3v) is 6.90. The van der Waals surface area contributed by atoms with Crippen LogP contribution in [0.4, 0.5) is 9.18 Å². The lowest BCUT2D eigenvalue weighted by Gasteiger charge is -2.21. The maximum absolute atomic E-state index is 14.0. The Kier molecular flexibility index (Phi) is 11.8. The second-order valence-corrected chi connectivity index (χ2v) is 10.7. The molecule has 3 aromatic rings. The van der Waals surface area contributed by atoms with Gasteiger partial charge in [0.2, 0.25) is 0 Å². The standard InChI is InChI=1S/C33H40FN3O6/c1-7-22(4)43-33(41)36(5)20-24-10-8-9-11-28(24)30-31(23-12-14-25(34)15-13-23)37(32(35-30)21(2)3)17-16-26(38)18-27(39)19-29(40)42-6/h8-17,21-22,26,38H,7,18-20H2,1-6H3. The summed E-state index contributed by atoms with van der Waals surface area (Å²) in [5.74, 6) is -0.909. The molecule has 2 aromatic carbocycles. The first-order valence-electron chi connectivity index (χ1n) is 14.3. The molecule has 9 nitrogen and oxygen atoms in total. The monoisotopic (exact) mass is 593 g/mol. The van der Waals surface area contributed by atoms with Gasteiger partial charge < -0.3 is 24.0 Å². The maximum Gasteiger partial charge on any atom is 0.410 e. The predicted molar refractivity (Wildman–Crippen MR) is 162 cm³/mol. The summed E-state index contributed by atoms with van der Waals surface area (Å²) in [4.78, 5) is 42.9. The molecule has 0 saturated carbocycles. The molecular weight excluding hydrogens is 553 g/mol. The number of esters is 1. The number of methoxy groups -OCH3 is 1. The normalized spacial score (nSPS) is 12.8. The number of hydrogen-bond donors (Lipinski definition) is 1. The van der Waals surface area contributed by atoms with Gasteiger partial charge in [0.15, 0.2) is 0 Å². The van der Waals surface area contributed by atoms with Crippen molar-refractivity contribution in [1.29, 1.82) is 0 Å². The summed E-state index contributed by atoms with van der Waals surface area (Å²) in [7, 11) is 2.87. The number of benzene rings is 2. The van der Waals surface area contributed by atoms with Crippen LogP contribution in [0, 0.1) is 5.82 Å². The predicted octanol–water partition coefficient (Wildman–Crippen LogP) is 6.20. The number of hydrogen-bond acceptors (Lipinski definition) is 7. The van der Waals surface area contributed by atoms with Gasteiger partial charge in [0.25, 0.3) is 0 Å². The van der Waals surface area contributed by atoms with Gasteiger partial charge in [0, 0.05) is 43.3 Å². The largest absolute Gasteiger partial charge is 0.469 e. The lowest BCUT2D eigenvalue weighted by Crippen LogP contribution is -2.29. The Morgan fingerprint density at radius 2 is 1.77 bits per heavy atom. The zero-order valence-corrected chi connectivity index (χ0v) is 25.5. The van der Waals surface area contributed by atoms with Gasteiger partial charge in [-0.05, 0) is 49.2 Å². The number of halogens is 1. The number of nitrogens with zero attached hydrogens (tertiary/aromatic N) is 3. The summed E-state index contributed by atoms with van der Waals surface area (Å²) in [5, 5.41) is 10.6. The van der Waals surface area contributed by atoms with Gasteiger partial charge in [-0.1, -0.05) is 45.0 Å². The molecule has 2 unspecified atom stereocenters. The van der Waals surface area contributed by atoms with Crippen molar-refractivity contribution in [2.45, 2.75) is 71.6 Å². The number of aromatic nitrogens is 2. The molecule has 0 spiro atoms. The van der Waals surface area contributed by atoms with Crippen molar-refractivity contribution in [3.63, 3.8) is 0 Å². The lowest BCUT2D eigenvalue weighted by atomic mass is 9.99. The van der Waals surface area contributed by atoms with E-state index in [-0.39, 0.29) is 25.0 Å². The topological polar surface area (TPSA) is 111 Å². The molecule has 0 saturated heterocycles. The van der Waals surface area contributed by atoms with Crippen LogP contribution in [-0.2, 0) is 25.6 Å². The summed E-state index contributed by atoms with van der Waals surface area (Å²) >= 11 is 0. The first-order valence-corrected chi connectivity index (χ1v) is 14.3. The van der Waals surface area contributed by atoms with Gasteiger partial charge in [-0.25, -0.2) is 14.2 Å². The Labute approximate surface area is 251 Å². The summed E-state index contributed by atoms with van der Waals surface area (Å²) in [6, 6.07) is 13.6. The van der Waals surface area contributed by atoms with E-state index in [1.807, 2.05) is 56.5 Å². The van der Waals surface area contributed by atoms with E-state index < -0.39 is 36.2 Å². The molecule has 1 N–H and O–H groups in total. The Morgan fingerprint density at radius 3 is 2.40 bits per heavy atom. The fourth-order valence-electron chi connectivity index (χ4n) is 4.43. The van der Waals surface area contributed by atoms with Crippen molar-refractivity contribution in [2.75, 3.05) is 14.2 Å². The molecule has 0 bridgehead atoms. The molecule has 0 fully saturated rings. The summed E-state index contributed by atoms with van der Waals surface area (Å²) in [6.45, 7) is 8.00. The van der Waals surface area contributed by atoms with Gasteiger partial charge in [0.05, 0.1) is 24.6 Å². The minimum atomic E-state index is -1.17. The van der Waals surface area contributed by atoms with Crippen LogP contribution >= 0.6 is 0 Å². The highest BCUT2D eigenvalue weighted by Gasteiger charge is 2.24. The number of amides is 1. The van der Waals surface area contributed by atoms with Gasteiger partial charge in [-0.3, -0.25) is 9.59 Å². The number of ether oxygens (including phenoxy) is 2. The number of carbonyl (C=O) groups excluding carboxylic acids is 3. The molecule has 230 valence electrons. The smallest absolute Gasteiger partial charge is 0.410 e. The van der Waals surface area contributed by atoms with Crippen LogP contribution in [0.3, 0.4) is 0 Å². The zero-order valence-electron chi connectivity index (χ0n) is 25.5. The Balaban J connectivity index is 2.10. The number of aliphatic hydroxyl groups is 1. The van der Waals surface area contributed by atoms with Crippen LogP contribution in [0.2, 0.25) is 0 Å². The van der Waals surface area contributed by atoms with Crippen molar-refractivity contribution in [3.05, 3.63) is 71.8 Å². The average Bonchev–Trinajstić information content (AvgIpc) is 3.36. The molecule has 0 radical (unpaired) electrons. The van der Waals surface area contributed by atoms with Gasteiger partial charge in [-0.15, -0.1) is 0 Å². The fourth-order valence-corrected chi connectivity index (χ4v) is 4.43. The quantitative estimate of drug-likeness (QED) is 0.186. The van der Waals surface area contributed by atoms with Crippen LogP contribution < -0.4 is 0 Å². The van der Waals surface area contributed by atoms with E-state index >= 15 is 0 Å². The van der Waals surface area contributed by atoms with E-state index in [1.54, 1.807) is 25.4 Å². The first-order chi connectivity index (χ1) is 20.4. The molecule has 1 aromatic heterocycles. The van der Waals surface area contributed by atoms with Crippen LogP contribution in [-0.4, -0.2) is 63.8 Å². The Hall–Kier alpha value is -4.31. The van der Waals surface area contributed by atoms with Crippen LogP contribution in [0.25, 0.3) is 28.7 Å². The molecule has 0 aliphatic heterocycles. The molecule has 3 rings (SSSR count). The van der Waals surface area contributed by atoms with Gasteiger partial charge in [-0.2, -0.15) is 0 Å². The van der Waals surface area contributed by atoms with Gasteiger partial charge >= 0.3 is 12.1 Å². The van der Waals surface area contributed by atoms with E-state index in [0.717, 1.165) is 11.1 Å². The highest BCUT2D eigenvalue weighted by Crippen LogP contribution is 2.37. The minimum absolute atomic E-state index is 0.0592. The number of Topliss-reactive ketones (excluding diaryl/α,β-unsaturated/α-hetero) is 1. The van der Waals surface area contributed by atoms with Crippen LogP contribution in [0.1, 0.15) is 64.3 Å². The Bertz CT molecular complexity index is 1450. The SMILES string of the molecule is CCC(C)OC(=O)N(C)Cc1ccccc1-c1nc(C(C)C)n(C=CC(O)CC(=O)CC(=O)OC)c1-c1ccc(F)cc1. The van der Waals surface area contributed by atoms with Crippen molar-refractivity contribution < 1.29 is 33.4 Å². The number of imidazole rings is 1. The molecule has 1 amide bonds. The highest BCUT2D eigenvalue weighted by atomic mass is 19.1. The summed E-state index contributed by atoms with van der Waals surface area (Å²) in [5.41, 5.74) is 3.52. The molecule has 1 heterocycles. The van der Waals surface area contributed by atoms with E-state index in [1.165, 1.54) is 30.2 Å². The van der Waals surface area contributed by atoms with Crippen molar-refractivity contribution >= 4 is 24.0 Å². The highest BCUT2D eigenvalue weighted by molar-refractivity contribution is 5.95. The van der Waals surface area contributed by atoms with E-state index in [0.29, 0.717) is 29.2 Å². The van der Waals surface area contributed by atoms with Gasteiger partial charge in [0.1, 0.15) is 29.9 Å². The minimum Gasteiger partial charge on any atom is -0.469 e.